The summed E-state index contributed by atoms with van der Waals surface area (Å²) in [6.45, 7) is 12.2. The van der Waals surface area contributed by atoms with Crippen LogP contribution in [0.15, 0.2) is 24.3 Å². The summed E-state index contributed by atoms with van der Waals surface area (Å²) in [7, 11) is 0. The Kier molecular flexibility index (Phi) is 6.81. The molecule has 0 radical (unpaired) electrons. The van der Waals surface area contributed by atoms with Crippen LogP contribution in [0.25, 0.3) is 0 Å². The highest BCUT2D eigenvalue weighted by atomic mass is 15.1. The first kappa shape index (κ1) is 15.0. The zero-order valence-electron chi connectivity index (χ0n) is 12.4. The molecule has 1 aromatic rings. The average Bonchev–Trinajstić information content (AvgIpc) is 2.42. The molecular formula is C16H28N2. The maximum Gasteiger partial charge on any atom is 0.0366 e. The summed E-state index contributed by atoms with van der Waals surface area (Å²) in [6.07, 6.45) is 2.38. The quantitative estimate of drug-likeness (QED) is 0.748. The van der Waals surface area contributed by atoms with E-state index in [4.69, 9.17) is 0 Å². The van der Waals surface area contributed by atoms with Gasteiger partial charge in [-0.15, -0.1) is 0 Å². The number of nitrogens with zero attached hydrogens (tertiary/aromatic N) is 1. The molecule has 1 N–H and O–H groups in total. The maximum atomic E-state index is 3.52. The second-order valence-electron chi connectivity index (χ2n) is 4.85. The van der Waals surface area contributed by atoms with E-state index in [0.717, 1.165) is 19.6 Å². The minimum atomic E-state index is 0.445. The van der Waals surface area contributed by atoms with Crippen molar-refractivity contribution in [2.24, 2.45) is 0 Å². The molecule has 0 aliphatic heterocycles. The van der Waals surface area contributed by atoms with Crippen molar-refractivity contribution < 1.29 is 0 Å². The van der Waals surface area contributed by atoms with Gasteiger partial charge in [-0.05, 0) is 50.9 Å². The van der Waals surface area contributed by atoms with Crippen molar-refractivity contribution in [2.75, 3.05) is 24.5 Å². The van der Waals surface area contributed by atoms with Gasteiger partial charge in [-0.2, -0.15) is 0 Å². The molecule has 0 heterocycles. The van der Waals surface area contributed by atoms with Gasteiger partial charge >= 0.3 is 0 Å². The molecule has 1 unspecified atom stereocenters. The van der Waals surface area contributed by atoms with E-state index in [1.54, 1.807) is 0 Å². The summed E-state index contributed by atoms with van der Waals surface area (Å²) in [4.78, 5) is 2.42. The predicted molar refractivity (Wildman–Crippen MR) is 81.3 cm³/mol. The number of anilines is 1. The summed E-state index contributed by atoms with van der Waals surface area (Å²) in [5, 5.41) is 3.52. The summed E-state index contributed by atoms with van der Waals surface area (Å²) in [5.74, 6) is 0. The molecule has 102 valence electrons. The van der Waals surface area contributed by atoms with Gasteiger partial charge in [-0.25, -0.2) is 0 Å². The molecule has 2 heteroatoms. The highest BCUT2D eigenvalue weighted by Gasteiger charge is 2.06. The van der Waals surface area contributed by atoms with Crippen molar-refractivity contribution in [3.05, 3.63) is 29.8 Å². The lowest BCUT2D eigenvalue weighted by molar-refractivity contribution is 0.570. The Bertz CT molecular complexity index is 318. The molecule has 2 nitrogen and oxygen atoms in total. The third-order valence-electron chi connectivity index (χ3n) is 3.33. The topological polar surface area (TPSA) is 15.3 Å². The third kappa shape index (κ3) is 4.34. The SMILES string of the molecule is CCCNC(C)c1ccc(N(CC)CCC)cc1. The van der Waals surface area contributed by atoms with E-state index in [1.165, 1.54) is 24.1 Å². The number of hydrogen-bond donors (Lipinski definition) is 1. The summed E-state index contributed by atoms with van der Waals surface area (Å²) in [5.41, 5.74) is 2.71. The van der Waals surface area contributed by atoms with E-state index in [2.05, 4.69) is 62.2 Å². The van der Waals surface area contributed by atoms with Crippen molar-refractivity contribution in [1.29, 1.82) is 0 Å². The Labute approximate surface area is 112 Å². The summed E-state index contributed by atoms with van der Waals surface area (Å²) >= 11 is 0. The fraction of sp³-hybridized carbons (Fsp3) is 0.625. The Balaban J connectivity index is 2.66. The van der Waals surface area contributed by atoms with Crippen molar-refractivity contribution in [2.45, 2.75) is 46.6 Å². The minimum Gasteiger partial charge on any atom is -0.372 e. The van der Waals surface area contributed by atoms with Gasteiger partial charge in [0.25, 0.3) is 0 Å². The number of hydrogen-bond acceptors (Lipinski definition) is 2. The van der Waals surface area contributed by atoms with Gasteiger partial charge in [-0.1, -0.05) is 26.0 Å². The van der Waals surface area contributed by atoms with Crippen LogP contribution in [0.1, 0.15) is 52.1 Å². The zero-order valence-corrected chi connectivity index (χ0v) is 12.4. The van der Waals surface area contributed by atoms with Crippen LogP contribution in [-0.2, 0) is 0 Å². The fourth-order valence-electron chi connectivity index (χ4n) is 2.19. The lowest BCUT2D eigenvalue weighted by Crippen LogP contribution is -2.23. The summed E-state index contributed by atoms with van der Waals surface area (Å²) < 4.78 is 0. The Morgan fingerprint density at radius 3 is 2.22 bits per heavy atom. The smallest absolute Gasteiger partial charge is 0.0366 e. The first-order chi connectivity index (χ1) is 8.72. The van der Waals surface area contributed by atoms with Crippen LogP contribution >= 0.6 is 0 Å². The van der Waals surface area contributed by atoms with Crippen molar-refractivity contribution in [3.63, 3.8) is 0 Å². The molecule has 0 saturated carbocycles. The molecule has 0 spiro atoms. The molecule has 1 aromatic carbocycles. The molecule has 0 saturated heterocycles. The minimum absolute atomic E-state index is 0.445. The molecule has 0 amide bonds. The fourth-order valence-corrected chi connectivity index (χ4v) is 2.19. The van der Waals surface area contributed by atoms with Crippen LogP contribution in [-0.4, -0.2) is 19.6 Å². The van der Waals surface area contributed by atoms with Crippen LogP contribution < -0.4 is 10.2 Å². The van der Waals surface area contributed by atoms with E-state index in [-0.39, 0.29) is 0 Å². The lowest BCUT2D eigenvalue weighted by atomic mass is 10.1. The molecule has 0 aromatic heterocycles. The van der Waals surface area contributed by atoms with E-state index in [1.807, 2.05) is 0 Å². The Hall–Kier alpha value is -1.02. The first-order valence-corrected chi connectivity index (χ1v) is 7.31. The summed E-state index contributed by atoms with van der Waals surface area (Å²) in [6, 6.07) is 9.44. The second kappa shape index (κ2) is 8.15. The van der Waals surface area contributed by atoms with Crippen molar-refractivity contribution in [3.8, 4) is 0 Å². The van der Waals surface area contributed by atoms with Gasteiger partial charge in [0, 0.05) is 24.8 Å². The highest BCUT2D eigenvalue weighted by Crippen LogP contribution is 2.19. The first-order valence-electron chi connectivity index (χ1n) is 7.31. The molecule has 0 fully saturated rings. The van der Waals surface area contributed by atoms with Crippen LogP contribution in [0.3, 0.4) is 0 Å². The normalized spacial score (nSPS) is 12.4. The zero-order chi connectivity index (χ0) is 13.4. The van der Waals surface area contributed by atoms with Crippen LogP contribution in [0.2, 0.25) is 0 Å². The van der Waals surface area contributed by atoms with Gasteiger partial charge in [0.2, 0.25) is 0 Å². The van der Waals surface area contributed by atoms with Gasteiger partial charge < -0.3 is 10.2 Å². The van der Waals surface area contributed by atoms with Gasteiger partial charge in [0.05, 0.1) is 0 Å². The van der Waals surface area contributed by atoms with Gasteiger partial charge in [0.1, 0.15) is 0 Å². The molecule has 0 bridgehead atoms. The molecule has 18 heavy (non-hydrogen) atoms. The largest absolute Gasteiger partial charge is 0.372 e. The third-order valence-corrected chi connectivity index (χ3v) is 3.33. The van der Waals surface area contributed by atoms with E-state index in [0.29, 0.717) is 6.04 Å². The van der Waals surface area contributed by atoms with Crippen LogP contribution in [0.4, 0.5) is 5.69 Å². The Morgan fingerprint density at radius 2 is 1.72 bits per heavy atom. The van der Waals surface area contributed by atoms with Gasteiger partial charge in [0.15, 0.2) is 0 Å². The molecule has 1 rings (SSSR count). The van der Waals surface area contributed by atoms with E-state index < -0.39 is 0 Å². The molecule has 0 aliphatic carbocycles. The molecule has 0 aliphatic rings. The van der Waals surface area contributed by atoms with E-state index >= 15 is 0 Å². The van der Waals surface area contributed by atoms with Crippen molar-refractivity contribution >= 4 is 5.69 Å². The average molecular weight is 248 g/mol. The second-order valence-corrected chi connectivity index (χ2v) is 4.85. The van der Waals surface area contributed by atoms with Crippen molar-refractivity contribution in [1.82, 2.24) is 5.32 Å². The number of benzene rings is 1. The van der Waals surface area contributed by atoms with Crippen LogP contribution in [0, 0.1) is 0 Å². The standard InChI is InChI=1S/C16H28N2/c1-5-12-17-14(4)15-8-10-16(11-9-15)18(7-3)13-6-2/h8-11,14,17H,5-7,12-13H2,1-4H3. The predicted octanol–water partition coefficient (Wildman–Crippen LogP) is 3.98. The lowest BCUT2D eigenvalue weighted by Gasteiger charge is -2.23. The highest BCUT2D eigenvalue weighted by molar-refractivity contribution is 5.47. The molecule has 1 atom stereocenters. The molecular weight excluding hydrogens is 220 g/mol. The number of nitrogens with one attached hydrogen (secondary N) is 1. The van der Waals surface area contributed by atoms with Crippen LogP contribution in [0.5, 0.6) is 0 Å². The van der Waals surface area contributed by atoms with Gasteiger partial charge in [-0.3, -0.25) is 0 Å². The Morgan fingerprint density at radius 1 is 1.06 bits per heavy atom. The van der Waals surface area contributed by atoms with E-state index in [9.17, 15) is 0 Å². The monoisotopic (exact) mass is 248 g/mol. The maximum absolute atomic E-state index is 3.52. The number of rotatable bonds is 8.